The van der Waals surface area contributed by atoms with E-state index in [1.807, 2.05) is 24.3 Å². The molecule has 2 aromatic rings. The van der Waals surface area contributed by atoms with Gasteiger partial charge in [0.1, 0.15) is 5.52 Å². The summed E-state index contributed by atoms with van der Waals surface area (Å²) < 4.78 is 5.01. The first-order valence-corrected chi connectivity index (χ1v) is 5.16. The van der Waals surface area contributed by atoms with Gasteiger partial charge in [-0.1, -0.05) is 12.1 Å². The van der Waals surface area contributed by atoms with E-state index in [-0.39, 0.29) is 0 Å². The monoisotopic (exact) mass is 205 g/mol. The maximum absolute atomic E-state index is 5.01. The fourth-order valence-electron chi connectivity index (χ4n) is 1.41. The molecule has 4 nitrogen and oxygen atoms in total. The van der Waals surface area contributed by atoms with E-state index in [2.05, 4.69) is 15.6 Å². The molecule has 1 aliphatic rings. The molecule has 15 heavy (non-hydrogen) atoms. The van der Waals surface area contributed by atoms with Gasteiger partial charge in [-0.15, -0.1) is 0 Å². The first kappa shape index (κ1) is 10.1. The second-order valence-corrected chi connectivity index (χ2v) is 3.32. The summed E-state index contributed by atoms with van der Waals surface area (Å²) in [6.07, 6.45) is 1.45. The second-order valence-electron chi connectivity index (χ2n) is 3.32. The molecular weight excluding hydrogens is 190 g/mol. The summed E-state index contributed by atoms with van der Waals surface area (Å²) >= 11 is 0. The van der Waals surface area contributed by atoms with Crippen molar-refractivity contribution in [3.8, 4) is 0 Å². The largest absolute Gasteiger partial charge is 0.443 e. The molecule has 1 aromatic heterocycles. The molecule has 0 spiro atoms. The van der Waals surface area contributed by atoms with Crippen LogP contribution in [-0.2, 0) is 0 Å². The molecule has 1 aromatic carbocycles. The lowest BCUT2D eigenvalue weighted by Crippen LogP contribution is -2.39. The minimum Gasteiger partial charge on any atom is -0.443 e. The summed E-state index contributed by atoms with van der Waals surface area (Å²) in [7, 11) is 0. The predicted octanol–water partition coefficient (Wildman–Crippen LogP) is 1.01. The fraction of sp³-hybridized carbons (Fsp3) is 0.364. The normalized spacial score (nSPS) is 15.7. The quantitative estimate of drug-likeness (QED) is 0.674. The third kappa shape index (κ3) is 3.04. The van der Waals surface area contributed by atoms with Gasteiger partial charge < -0.3 is 15.1 Å². The lowest BCUT2D eigenvalue weighted by atomic mass is 10.3. The highest BCUT2D eigenvalue weighted by atomic mass is 16.3. The van der Waals surface area contributed by atoms with Crippen LogP contribution in [0.25, 0.3) is 11.1 Å². The lowest BCUT2D eigenvalue weighted by Gasteiger charge is -2.11. The molecule has 1 saturated heterocycles. The van der Waals surface area contributed by atoms with E-state index in [4.69, 9.17) is 4.42 Å². The Morgan fingerprint density at radius 3 is 2.27 bits per heavy atom. The Kier molecular flexibility index (Phi) is 3.70. The van der Waals surface area contributed by atoms with E-state index >= 15 is 0 Å². The van der Waals surface area contributed by atoms with Crippen LogP contribution in [0, 0.1) is 0 Å². The molecule has 0 atom stereocenters. The van der Waals surface area contributed by atoms with Crippen molar-refractivity contribution in [2.75, 3.05) is 26.2 Å². The number of para-hydroxylation sites is 2. The SMILES string of the molecule is C1CNCCN1.c1ccc2ocnc2c1. The Bertz CT molecular complexity index is 354. The summed E-state index contributed by atoms with van der Waals surface area (Å²) in [6.45, 7) is 4.56. The third-order valence-corrected chi connectivity index (χ3v) is 2.19. The van der Waals surface area contributed by atoms with E-state index < -0.39 is 0 Å². The van der Waals surface area contributed by atoms with Crippen LogP contribution in [0.5, 0.6) is 0 Å². The summed E-state index contributed by atoms with van der Waals surface area (Å²) in [6, 6.07) is 7.67. The Hall–Kier alpha value is -1.39. The molecule has 3 rings (SSSR count). The molecule has 0 aliphatic carbocycles. The van der Waals surface area contributed by atoms with Crippen molar-refractivity contribution in [1.82, 2.24) is 15.6 Å². The summed E-state index contributed by atoms with van der Waals surface area (Å²) in [4.78, 5) is 3.95. The van der Waals surface area contributed by atoms with Crippen LogP contribution in [0.4, 0.5) is 0 Å². The number of piperazine rings is 1. The molecule has 0 bridgehead atoms. The summed E-state index contributed by atoms with van der Waals surface area (Å²) in [5.74, 6) is 0. The van der Waals surface area contributed by atoms with Crippen LogP contribution in [-0.4, -0.2) is 31.2 Å². The van der Waals surface area contributed by atoms with Crippen LogP contribution in [0.2, 0.25) is 0 Å². The smallest absolute Gasteiger partial charge is 0.181 e. The van der Waals surface area contributed by atoms with E-state index in [1.54, 1.807) is 0 Å². The Morgan fingerprint density at radius 2 is 1.67 bits per heavy atom. The molecule has 80 valence electrons. The molecule has 1 aliphatic heterocycles. The Morgan fingerprint density at radius 1 is 1.00 bits per heavy atom. The summed E-state index contributed by atoms with van der Waals surface area (Å²) in [5, 5.41) is 6.44. The van der Waals surface area contributed by atoms with Gasteiger partial charge in [-0.05, 0) is 12.1 Å². The van der Waals surface area contributed by atoms with Crippen molar-refractivity contribution in [3.63, 3.8) is 0 Å². The second kappa shape index (κ2) is 5.48. The molecule has 0 unspecified atom stereocenters. The molecule has 0 saturated carbocycles. The van der Waals surface area contributed by atoms with Gasteiger partial charge in [0.15, 0.2) is 12.0 Å². The minimum absolute atomic E-state index is 0.845. The van der Waals surface area contributed by atoms with E-state index in [9.17, 15) is 0 Å². The molecule has 1 fully saturated rings. The minimum atomic E-state index is 0.845. The van der Waals surface area contributed by atoms with Crippen molar-refractivity contribution in [2.45, 2.75) is 0 Å². The van der Waals surface area contributed by atoms with E-state index in [0.29, 0.717) is 0 Å². The Labute approximate surface area is 88.7 Å². The number of nitrogens with zero attached hydrogens (tertiary/aromatic N) is 1. The van der Waals surface area contributed by atoms with Crippen LogP contribution in [0.3, 0.4) is 0 Å². The zero-order valence-electron chi connectivity index (χ0n) is 8.57. The molecule has 0 radical (unpaired) electrons. The fourth-order valence-corrected chi connectivity index (χ4v) is 1.41. The number of fused-ring (bicyclic) bond motifs is 1. The van der Waals surface area contributed by atoms with Crippen LogP contribution >= 0.6 is 0 Å². The standard InChI is InChI=1S/C7H5NO.C4H10N2/c1-2-4-7-6(3-1)8-5-9-7;1-2-6-4-3-5-1/h1-5H;5-6H,1-4H2. The van der Waals surface area contributed by atoms with Crippen molar-refractivity contribution < 1.29 is 4.42 Å². The van der Waals surface area contributed by atoms with Gasteiger partial charge in [-0.3, -0.25) is 0 Å². The van der Waals surface area contributed by atoms with Gasteiger partial charge in [-0.2, -0.15) is 0 Å². The molecular formula is C11H15N3O. The predicted molar refractivity (Wildman–Crippen MR) is 59.7 cm³/mol. The van der Waals surface area contributed by atoms with Crippen molar-refractivity contribution in [1.29, 1.82) is 0 Å². The first-order valence-electron chi connectivity index (χ1n) is 5.16. The zero-order valence-corrected chi connectivity index (χ0v) is 8.57. The number of aromatic nitrogens is 1. The average Bonchev–Trinajstić information content (AvgIpc) is 2.80. The maximum atomic E-state index is 5.01. The highest BCUT2D eigenvalue weighted by molar-refractivity contribution is 5.71. The number of benzene rings is 1. The molecule has 4 heteroatoms. The van der Waals surface area contributed by atoms with Gasteiger partial charge in [0, 0.05) is 26.2 Å². The lowest BCUT2D eigenvalue weighted by molar-refractivity contribution is 0.534. The molecule has 2 heterocycles. The van der Waals surface area contributed by atoms with E-state index in [0.717, 1.165) is 37.3 Å². The van der Waals surface area contributed by atoms with Gasteiger partial charge in [0.05, 0.1) is 0 Å². The Balaban J connectivity index is 0.000000124. The molecule has 0 amide bonds. The first-order chi connectivity index (χ1) is 7.47. The van der Waals surface area contributed by atoms with Crippen molar-refractivity contribution >= 4 is 11.1 Å². The number of hydrogen-bond acceptors (Lipinski definition) is 4. The maximum Gasteiger partial charge on any atom is 0.181 e. The number of hydrogen-bond donors (Lipinski definition) is 2. The number of oxazole rings is 1. The van der Waals surface area contributed by atoms with Crippen LogP contribution < -0.4 is 10.6 Å². The molecule has 2 N–H and O–H groups in total. The van der Waals surface area contributed by atoms with Crippen LogP contribution in [0.15, 0.2) is 35.1 Å². The van der Waals surface area contributed by atoms with Crippen molar-refractivity contribution in [2.24, 2.45) is 0 Å². The summed E-state index contributed by atoms with van der Waals surface area (Å²) in [5.41, 5.74) is 1.76. The number of nitrogens with one attached hydrogen (secondary N) is 2. The zero-order chi connectivity index (χ0) is 10.3. The van der Waals surface area contributed by atoms with Gasteiger partial charge in [0.25, 0.3) is 0 Å². The number of rotatable bonds is 0. The highest BCUT2D eigenvalue weighted by Gasteiger charge is 1.92. The van der Waals surface area contributed by atoms with Gasteiger partial charge in [0.2, 0.25) is 0 Å². The highest BCUT2D eigenvalue weighted by Crippen LogP contribution is 2.09. The van der Waals surface area contributed by atoms with Gasteiger partial charge >= 0.3 is 0 Å². The average molecular weight is 205 g/mol. The van der Waals surface area contributed by atoms with Gasteiger partial charge in [-0.25, -0.2) is 4.98 Å². The van der Waals surface area contributed by atoms with Crippen LogP contribution in [0.1, 0.15) is 0 Å². The third-order valence-electron chi connectivity index (χ3n) is 2.19. The van der Waals surface area contributed by atoms with E-state index in [1.165, 1.54) is 6.39 Å². The topological polar surface area (TPSA) is 50.1 Å². The van der Waals surface area contributed by atoms with Crippen molar-refractivity contribution in [3.05, 3.63) is 30.7 Å².